The number of para-hydroxylation sites is 1. The highest BCUT2D eigenvalue weighted by Crippen LogP contribution is 2.35. The van der Waals surface area contributed by atoms with Gasteiger partial charge in [0.2, 0.25) is 15.9 Å². The van der Waals surface area contributed by atoms with Crippen molar-refractivity contribution in [1.82, 2.24) is 14.2 Å². The standard InChI is InChI=1S/C24H29ClN4O4S2/c1-27(2)14-6-15-28(24-26-22-19(25)7-4-9-21(22)34-24)23(30)20-8-5-16-29(20)35(31,32)18-12-10-17(33-3)11-13-18/h4,7,9-13,20H,5-6,8,14-16H2,1-3H3. The van der Waals surface area contributed by atoms with Gasteiger partial charge in [0.05, 0.1) is 21.7 Å². The van der Waals surface area contributed by atoms with Gasteiger partial charge in [-0.3, -0.25) is 9.69 Å². The number of carbonyl (C=O) groups excluding carboxylic acids is 1. The molecule has 0 spiro atoms. The number of nitrogens with zero attached hydrogens (tertiary/aromatic N) is 4. The molecule has 0 aliphatic carbocycles. The van der Waals surface area contributed by atoms with Crippen molar-refractivity contribution < 1.29 is 17.9 Å². The number of rotatable bonds is 9. The van der Waals surface area contributed by atoms with Crippen LogP contribution in [0.2, 0.25) is 5.02 Å². The lowest BCUT2D eigenvalue weighted by Crippen LogP contribution is -2.48. The molecule has 1 aliphatic rings. The van der Waals surface area contributed by atoms with Crippen LogP contribution in [-0.4, -0.2) is 75.4 Å². The van der Waals surface area contributed by atoms with E-state index in [-0.39, 0.29) is 10.8 Å². The molecule has 0 saturated carbocycles. The Balaban J connectivity index is 1.65. The minimum absolute atomic E-state index is 0.143. The second-order valence-electron chi connectivity index (χ2n) is 8.68. The smallest absolute Gasteiger partial charge is 0.247 e. The lowest BCUT2D eigenvalue weighted by molar-refractivity contribution is -0.121. The third-order valence-electron chi connectivity index (χ3n) is 6.00. The van der Waals surface area contributed by atoms with Crippen LogP contribution < -0.4 is 9.64 Å². The number of halogens is 1. The molecule has 1 atom stereocenters. The molecule has 8 nitrogen and oxygen atoms in total. The maximum atomic E-state index is 13.9. The molecule has 4 rings (SSSR count). The van der Waals surface area contributed by atoms with Crippen LogP contribution in [0, 0.1) is 0 Å². The van der Waals surface area contributed by atoms with Gasteiger partial charge in [-0.1, -0.05) is 29.0 Å². The molecule has 2 aromatic carbocycles. The van der Waals surface area contributed by atoms with E-state index in [2.05, 4.69) is 4.98 Å². The molecule has 1 aromatic heterocycles. The first-order valence-electron chi connectivity index (χ1n) is 11.4. The predicted molar refractivity (Wildman–Crippen MR) is 140 cm³/mol. The summed E-state index contributed by atoms with van der Waals surface area (Å²) in [7, 11) is 1.62. The monoisotopic (exact) mass is 536 g/mol. The molecule has 1 fully saturated rings. The van der Waals surface area contributed by atoms with E-state index < -0.39 is 16.1 Å². The first-order chi connectivity index (χ1) is 16.7. The molecule has 1 aliphatic heterocycles. The quantitative estimate of drug-likeness (QED) is 0.409. The van der Waals surface area contributed by atoms with Crippen LogP contribution in [0.15, 0.2) is 47.4 Å². The van der Waals surface area contributed by atoms with Crippen LogP contribution in [0.25, 0.3) is 10.2 Å². The van der Waals surface area contributed by atoms with Crippen LogP contribution in [0.3, 0.4) is 0 Å². The van der Waals surface area contributed by atoms with Crippen LogP contribution in [-0.2, 0) is 14.8 Å². The van der Waals surface area contributed by atoms with Crippen LogP contribution >= 0.6 is 22.9 Å². The number of methoxy groups -OCH3 is 1. The van der Waals surface area contributed by atoms with Crippen molar-refractivity contribution in [2.75, 3.05) is 45.7 Å². The maximum absolute atomic E-state index is 13.9. The Morgan fingerprint density at radius 3 is 2.60 bits per heavy atom. The summed E-state index contributed by atoms with van der Waals surface area (Å²) in [5.41, 5.74) is 0.647. The second kappa shape index (κ2) is 10.8. The molecular formula is C24H29ClN4O4S2. The van der Waals surface area contributed by atoms with E-state index in [1.807, 2.05) is 31.1 Å². The summed E-state index contributed by atoms with van der Waals surface area (Å²) >= 11 is 7.73. The Morgan fingerprint density at radius 2 is 1.94 bits per heavy atom. The topological polar surface area (TPSA) is 83.0 Å². The summed E-state index contributed by atoms with van der Waals surface area (Å²) in [6, 6.07) is 11.0. The number of amides is 1. The number of ether oxygens (including phenoxy) is 1. The third kappa shape index (κ3) is 5.46. The Kier molecular flexibility index (Phi) is 7.97. The Hall–Kier alpha value is -2.24. The number of fused-ring (bicyclic) bond motifs is 1. The summed E-state index contributed by atoms with van der Waals surface area (Å²) in [5.74, 6) is 0.313. The number of benzene rings is 2. The third-order valence-corrected chi connectivity index (χ3v) is 9.27. The lowest BCUT2D eigenvalue weighted by atomic mass is 10.2. The number of hydrogen-bond donors (Lipinski definition) is 0. The van der Waals surface area contributed by atoms with Crippen molar-refractivity contribution in [2.24, 2.45) is 0 Å². The van der Waals surface area contributed by atoms with Gasteiger partial charge in [0.15, 0.2) is 5.13 Å². The molecule has 11 heteroatoms. The minimum Gasteiger partial charge on any atom is -0.497 e. The normalized spacial score (nSPS) is 16.8. The van der Waals surface area contributed by atoms with E-state index in [9.17, 15) is 13.2 Å². The number of carbonyl (C=O) groups is 1. The van der Waals surface area contributed by atoms with Crippen molar-refractivity contribution in [3.05, 3.63) is 47.5 Å². The van der Waals surface area contributed by atoms with E-state index >= 15 is 0 Å². The van der Waals surface area contributed by atoms with Gasteiger partial charge in [0, 0.05) is 13.1 Å². The predicted octanol–water partition coefficient (Wildman–Crippen LogP) is 4.10. The first-order valence-corrected chi connectivity index (χ1v) is 14.0. The van der Waals surface area contributed by atoms with Crippen molar-refractivity contribution in [1.29, 1.82) is 0 Å². The maximum Gasteiger partial charge on any atom is 0.247 e. The molecular weight excluding hydrogens is 508 g/mol. The van der Waals surface area contributed by atoms with Crippen LogP contribution in [0.5, 0.6) is 5.75 Å². The number of sulfonamides is 1. The van der Waals surface area contributed by atoms with Gasteiger partial charge < -0.3 is 9.64 Å². The molecule has 188 valence electrons. The fraction of sp³-hybridized carbons (Fsp3) is 0.417. The molecule has 1 amide bonds. The largest absolute Gasteiger partial charge is 0.497 e. The number of aromatic nitrogens is 1. The van der Waals surface area contributed by atoms with E-state index in [0.717, 1.165) is 17.7 Å². The molecule has 2 heterocycles. The van der Waals surface area contributed by atoms with E-state index in [0.29, 0.717) is 47.4 Å². The van der Waals surface area contributed by atoms with Crippen molar-refractivity contribution in [2.45, 2.75) is 30.2 Å². The summed E-state index contributed by atoms with van der Waals surface area (Å²) < 4.78 is 34.3. The lowest BCUT2D eigenvalue weighted by Gasteiger charge is -2.29. The fourth-order valence-electron chi connectivity index (χ4n) is 4.20. The van der Waals surface area contributed by atoms with E-state index in [1.165, 1.54) is 34.9 Å². The zero-order valence-electron chi connectivity index (χ0n) is 20.0. The zero-order valence-corrected chi connectivity index (χ0v) is 22.4. The van der Waals surface area contributed by atoms with Crippen molar-refractivity contribution in [3.8, 4) is 5.75 Å². The van der Waals surface area contributed by atoms with Gasteiger partial charge in [-0.25, -0.2) is 13.4 Å². The van der Waals surface area contributed by atoms with Crippen molar-refractivity contribution in [3.63, 3.8) is 0 Å². The second-order valence-corrected chi connectivity index (χ2v) is 12.0. The number of anilines is 1. The SMILES string of the molecule is COc1ccc(S(=O)(=O)N2CCCC2C(=O)N(CCCN(C)C)c2nc3c(Cl)cccc3s2)cc1. The van der Waals surface area contributed by atoms with Gasteiger partial charge in [-0.05, 0) is 76.3 Å². The van der Waals surface area contributed by atoms with Crippen LogP contribution in [0.4, 0.5) is 5.13 Å². The van der Waals surface area contributed by atoms with Gasteiger partial charge in [-0.15, -0.1) is 0 Å². The van der Waals surface area contributed by atoms with E-state index in [4.69, 9.17) is 16.3 Å². The number of hydrogen-bond acceptors (Lipinski definition) is 7. The Morgan fingerprint density at radius 1 is 1.20 bits per heavy atom. The molecule has 35 heavy (non-hydrogen) atoms. The minimum atomic E-state index is -3.85. The summed E-state index contributed by atoms with van der Waals surface area (Å²) in [6.45, 7) is 1.51. The van der Waals surface area contributed by atoms with Gasteiger partial charge >= 0.3 is 0 Å². The fourth-order valence-corrected chi connectivity index (χ4v) is 7.15. The highest BCUT2D eigenvalue weighted by atomic mass is 35.5. The molecule has 0 bridgehead atoms. The summed E-state index contributed by atoms with van der Waals surface area (Å²) in [6.07, 6.45) is 1.80. The summed E-state index contributed by atoms with van der Waals surface area (Å²) in [4.78, 5) is 22.4. The average Bonchev–Trinajstić information content (AvgIpc) is 3.50. The van der Waals surface area contributed by atoms with Crippen LogP contribution in [0.1, 0.15) is 19.3 Å². The van der Waals surface area contributed by atoms with Gasteiger partial charge in [0.1, 0.15) is 17.3 Å². The van der Waals surface area contributed by atoms with E-state index in [1.54, 1.807) is 23.1 Å². The molecule has 3 aromatic rings. The molecule has 0 N–H and O–H groups in total. The summed E-state index contributed by atoms with van der Waals surface area (Å²) in [5, 5.41) is 1.06. The highest BCUT2D eigenvalue weighted by molar-refractivity contribution is 7.89. The average molecular weight is 537 g/mol. The zero-order chi connectivity index (χ0) is 25.2. The molecule has 0 radical (unpaired) electrons. The molecule has 1 saturated heterocycles. The molecule has 1 unspecified atom stereocenters. The first kappa shape index (κ1) is 25.8. The number of thiazole rings is 1. The van der Waals surface area contributed by atoms with Gasteiger partial charge in [0.25, 0.3) is 0 Å². The van der Waals surface area contributed by atoms with Crippen molar-refractivity contribution >= 4 is 54.2 Å². The highest BCUT2D eigenvalue weighted by Gasteiger charge is 2.42. The van der Waals surface area contributed by atoms with Gasteiger partial charge in [-0.2, -0.15) is 4.31 Å². The Labute approximate surface area is 215 Å². The Bertz CT molecular complexity index is 1290.